The SMILES string of the molecule is O=C1OC(c2cccc(Cl)c2)=NC1=Cc1ccccc1OS(=O)(=O)c1ccccc1. The largest absolute Gasteiger partial charge is 0.402 e. The van der Waals surface area contributed by atoms with Crippen molar-refractivity contribution in [1.29, 1.82) is 0 Å². The molecular weight excluding hydrogens is 426 g/mol. The Hall–Kier alpha value is -3.42. The Labute approximate surface area is 178 Å². The molecule has 8 heteroatoms. The van der Waals surface area contributed by atoms with Crippen molar-refractivity contribution in [3.8, 4) is 5.75 Å². The van der Waals surface area contributed by atoms with Crippen molar-refractivity contribution >= 4 is 39.7 Å². The maximum absolute atomic E-state index is 12.5. The summed E-state index contributed by atoms with van der Waals surface area (Å²) < 4.78 is 35.6. The van der Waals surface area contributed by atoms with E-state index in [1.165, 1.54) is 24.3 Å². The van der Waals surface area contributed by atoms with Crippen LogP contribution in [0.15, 0.2) is 94.4 Å². The number of rotatable bonds is 5. The van der Waals surface area contributed by atoms with E-state index in [9.17, 15) is 13.2 Å². The minimum atomic E-state index is -4.04. The van der Waals surface area contributed by atoms with Crippen LogP contribution in [0.4, 0.5) is 0 Å². The molecule has 0 N–H and O–H groups in total. The van der Waals surface area contributed by atoms with Gasteiger partial charge < -0.3 is 8.92 Å². The van der Waals surface area contributed by atoms with Crippen LogP contribution in [0.3, 0.4) is 0 Å². The van der Waals surface area contributed by atoms with Crippen molar-refractivity contribution in [2.45, 2.75) is 4.90 Å². The van der Waals surface area contributed by atoms with Crippen LogP contribution in [0, 0.1) is 0 Å². The number of carbonyl (C=O) groups is 1. The van der Waals surface area contributed by atoms with E-state index >= 15 is 0 Å². The number of hydrogen-bond acceptors (Lipinski definition) is 6. The molecule has 0 radical (unpaired) electrons. The molecule has 4 rings (SSSR count). The normalized spacial score (nSPS) is 15.0. The predicted octanol–water partition coefficient (Wildman–Crippen LogP) is 4.45. The highest BCUT2D eigenvalue weighted by molar-refractivity contribution is 7.87. The second-order valence-corrected chi connectivity index (χ2v) is 8.22. The molecule has 0 aromatic heterocycles. The molecule has 0 amide bonds. The molecule has 1 aliphatic heterocycles. The molecule has 1 aliphatic rings. The molecule has 0 fully saturated rings. The number of nitrogens with zero attached hydrogens (tertiary/aromatic N) is 1. The topological polar surface area (TPSA) is 82.0 Å². The molecule has 0 saturated carbocycles. The van der Waals surface area contributed by atoms with E-state index in [0.29, 0.717) is 16.1 Å². The number of para-hydroxylation sites is 1. The number of benzene rings is 3. The summed E-state index contributed by atoms with van der Waals surface area (Å²) in [5, 5.41) is 0.480. The van der Waals surface area contributed by atoms with Gasteiger partial charge in [-0.1, -0.05) is 54.1 Å². The molecule has 0 unspecified atom stereocenters. The first kappa shape index (κ1) is 19.9. The molecule has 0 bridgehead atoms. The zero-order valence-corrected chi connectivity index (χ0v) is 16.9. The number of ether oxygens (including phenoxy) is 1. The third-order valence-electron chi connectivity index (χ3n) is 4.13. The molecule has 0 spiro atoms. The maximum atomic E-state index is 12.5. The summed E-state index contributed by atoms with van der Waals surface area (Å²) in [6.45, 7) is 0. The second-order valence-electron chi connectivity index (χ2n) is 6.23. The Morgan fingerprint density at radius 3 is 2.43 bits per heavy atom. The van der Waals surface area contributed by atoms with Crippen molar-refractivity contribution in [1.82, 2.24) is 0 Å². The molecule has 0 aliphatic carbocycles. The van der Waals surface area contributed by atoms with Crippen molar-refractivity contribution in [2.75, 3.05) is 0 Å². The standard InChI is InChI=1S/C22H14ClNO5S/c23-17-9-6-8-16(13-17)21-24-19(22(25)28-21)14-15-7-4-5-12-20(15)29-30(26,27)18-10-2-1-3-11-18/h1-14H. The Kier molecular flexibility index (Phi) is 5.39. The molecular formula is C22H14ClNO5S. The van der Waals surface area contributed by atoms with Crippen molar-refractivity contribution in [3.05, 3.63) is 101 Å². The number of halogens is 1. The number of esters is 1. The smallest absolute Gasteiger partial charge is 0.363 e. The zero-order valence-electron chi connectivity index (χ0n) is 15.4. The van der Waals surface area contributed by atoms with Gasteiger partial charge in [0.25, 0.3) is 0 Å². The lowest BCUT2D eigenvalue weighted by atomic mass is 10.1. The lowest BCUT2D eigenvalue weighted by molar-refractivity contribution is -0.129. The van der Waals surface area contributed by atoms with Crippen LogP contribution in [-0.2, 0) is 19.6 Å². The predicted molar refractivity (Wildman–Crippen MR) is 113 cm³/mol. The molecule has 3 aromatic rings. The van der Waals surface area contributed by atoms with E-state index in [0.717, 1.165) is 0 Å². The number of aliphatic imine (C=N–C) groups is 1. The summed E-state index contributed by atoms with van der Waals surface area (Å²) in [7, 11) is -4.04. The van der Waals surface area contributed by atoms with E-state index in [1.54, 1.807) is 60.7 Å². The van der Waals surface area contributed by atoms with Crippen LogP contribution >= 0.6 is 11.6 Å². The summed E-state index contributed by atoms with van der Waals surface area (Å²) in [5.74, 6) is -0.484. The van der Waals surface area contributed by atoms with Crippen molar-refractivity contribution in [2.24, 2.45) is 4.99 Å². The molecule has 3 aromatic carbocycles. The van der Waals surface area contributed by atoms with Gasteiger partial charge in [-0.05, 0) is 42.5 Å². The van der Waals surface area contributed by atoms with Gasteiger partial charge in [0, 0.05) is 16.1 Å². The van der Waals surface area contributed by atoms with Gasteiger partial charge in [-0.3, -0.25) is 0 Å². The first-order valence-corrected chi connectivity index (χ1v) is 10.6. The highest BCUT2D eigenvalue weighted by Crippen LogP contribution is 2.27. The third kappa shape index (κ3) is 4.27. The number of cyclic esters (lactones) is 1. The van der Waals surface area contributed by atoms with Crippen LogP contribution in [-0.4, -0.2) is 20.3 Å². The quantitative estimate of drug-likeness (QED) is 0.333. The summed E-state index contributed by atoms with van der Waals surface area (Å²) in [6, 6.07) is 21.0. The molecule has 1 heterocycles. The van der Waals surface area contributed by atoms with E-state index in [1.807, 2.05) is 0 Å². The average molecular weight is 440 g/mol. The monoisotopic (exact) mass is 439 g/mol. The van der Waals surface area contributed by atoms with Crippen LogP contribution < -0.4 is 4.18 Å². The number of carbonyl (C=O) groups excluding carboxylic acids is 1. The van der Waals surface area contributed by atoms with Crippen molar-refractivity contribution < 1.29 is 22.1 Å². The van der Waals surface area contributed by atoms with Gasteiger partial charge in [0.1, 0.15) is 10.6 Å². The van der Waals surface area contributed by atoms with E-state index < -0.39 is 16.1 Å². The Bertz CT molecular complexity index is 1280. The average Bonchev–Trinajstić information content (AvgIpc) is 3.10. The molecule has 6 nitrogen and oxygen atoms in total. The van der Waals surface area contributed by atoms with Gasteiger partial charge in [-0.25, -0.2) is 9.79 Å². The molecule has 150 valence electrons. The minimum absolute atomic E-state index is 0.0122. The van der Waals surface area contributed by atoms with Crippen LogP contribution in [0.1, 0.15) is 11.1 Å². The highest BCUT2D eigenvalue weighted by atomic mass is 35.5. The Morgan fingerprint density at radius 1 is 0.933 bits per heavy atom. The van der Waals surface area contributed by atoms with Gasteiger partial charge in [0.15, 0.2) is 5.70 Å². The number of hydrogen-bond donors (Lipinski definition) is 0. The van der Waals surface area contributed by atoms with Crippen LogP contribution in [0.2, 0.25) is 5.02 Å². The maximum Gasteiger partial charge on any atom is 0.363 e. The summed E-state index contributed by atoms with van der Waals surface area (Å²) >= 11 is 5.98. The van der Waals surface area contributed by atoms with Crippen LogP contribution in [0.5, 0.6) is 5.75 Å². The molecule has 0 saturated heterocycles. The van der Waals surface area contributed by atoms with E-state index in [-0.39, 0.29) is 22.2 Å². The van der Waals surface area contributed by atoms with Crippen molar-refractivity contribution in [3.63, 3.8) is 0 Å². The summed E-state index contributed by atoms with van der Waals surface area (Å²) in [5.41, 5.74) is 0.925. The lowest BCUT2D eigenvalue weighted by Crippen LogP contribution is -2.10. The van der Waals surface area contributed by atoms with Crippen LogP contribution in [0.25, 0.3) is 6.08 Å². The van der Waals surface area contributed by atoms with Gasteiger partial charge in [0.05, 0.1) is 0 Å². The first-order chi connectivity index (χ1) is 14.4. The fourth-order valence-electron chi connectivity index (χ4n) is 2.73. The Balaban J connectivity index is 1.67. The van der Waals surface area contributed by atoms with E-state index in [2.05, 4.69) is 4.99 Å². The fraction of sp³-hybridized carbons (Fsp3) is 0. The fourth-order valence-corrected chi connectivity index (χ4v) is 3.90. The second kappa shape index (κ2) is 8.14. The van der Waals surface area contributed by atoms with Gasteiger partial charge in [-0.15, -0.1) is 0 Å². The van der Waals surface area contributed by atoms with Gasteiger partial charge in [0.2, 0.25) is 5.90 Å². The first-order valence-electron chi connectivity index (χ1n) is 8.79. The third-order valence-corrected chi connectivity index (χ3v) is 5.62. The van der Waals surface area contributed by atoms with Gasteiger partial charge >= 0.3 is 16.1 Å². The van der Waals surface area contributed by atoms with E-state index in [4.69, 9.17) is 20.5 Å². The summed E-state index contributed by atoms with van der Waals surface area (Å²) in [4.78, 5) is 16.5. The Morgan fingerprint density at radius 2 is 1.67 bits per heavy atom. The summed E-state index contributed by atoms with van der Waals surface area (Å²) in [6.07, 6.45) is 1.41. The minimum Gasteiger partial charge on any atom is -0.402 e. The molecule has 30 heavy (non-hydrogen) atoms. The lowest BCUT2D eigenvalue weighted by Gasteiger charge is -2.09. The highest BCUT2D eigenvalue weighted by Gasteiger charge is 2.25. The molecule has 0 atom stereocenters. The zero-order chi connectivity index (χ0) is 21.1. The van der Waals surface area contributed by atoms with Gasteiger partial charge in [-0.2, -0.15) is 8.42 Å².